The van der Waals surface area contributed by atoms with Crippen molar-refractivity contribution in [3.8, 4) is 0 Å². The minimum Gasteiger partial charge on any atom is -0.388 e. The van der Waals surface area contributed by atoms with E-state index in [4.69, 9.17) is 4.74 Å². The Morgan fingerprint density at radius 1 is 1.55 bits per heavy atom. The molecule has 1 saturated heterocycles. The zero-order chi connectivity index (χ0) is 14.6. The van der Waals surface area contributed by atoms with Gasteiger partial charge in [0.05, 0.1) is 10.5 Å². The predicted octanol–water partition coefficient (Wildman–Crippen LogP) is 0.380. The second-order valence-corrected chi connectivity index (χ2v) is 4.62. The molecule has 0 spiro atoms. The molecule has 3 N–H and O–H groups in total. The molecule has 110 valence electrons. The molecule has 0 aromatic carbocycles. The van der Waals surface area contributed by atoms with E-state index in [0.29, 0.717) is 26.1 Å². The van der Waals surface area contributed by atoms with E-state index < -0.39 is 10.5 Å². The Balaban J connectivity index is 2.12. The number of ether oxygens (including phenoxy) is 1. The molecule has 0 unspecified atom stereocenters. The van der Waals surface area contributed by atoms with Gasteiger partial charge in [-0.1, -0.05) is 0 Å². The Morgan fingerprint density at radius 3 is 2.85 bits per heavy atom. The van der Waals surface area contributed by atoms with Gasteiger partial charge in [0.15, 0.2) is 0 Å². The van der Waals surface area contributed by atoms with E-state index >= 15 is 0 Å². The first kappa shape index (κ1) is 14.4. The number of aliphatic hydroxyl groups is 1. The summed E-state index contributed by atoms with van der Waals surface area (Å²) in [5.41, 5.74) is -1.16. The van der Waals surface area contributed by atoms with Gasteiger partial charge in [0.2, 0.25) is 11.8 Å². The summed E-state index contributed by atoms with van der Waals surface area (Å²) in [6, 6.07) is 0. The number of nitrogens with zero attached hydrogens (tertiary/aromatic N) is 3. The summed E-state index contributed by atoms with van der Waals surface area (Å²) in [7, 11) is 1.62. The molecule has 0 amide bonds. The molecule has 1 aliphatic rings. The van der Waals surface area contributed by atoms with Gasteiger partial charge in [-0.05, 0) is 0 Å². The summed E-state index contributed by atoms with van der Waals surface area (Å²) in [6.45, 7) is 1.13. The van der Waals surface area contributed by atoms with Crippen molar-refractivity contribution in [3.05, 3.63) is 16.3 Å². The average Bonchev–Trinajstić information content (AvgIpc) is 2.45. The highest BCUT2D eigenvalue weighted by Crippen LogP contribution is 2.25. The number of nitro groups is 1. The molecule has 9 heteroatoms. The number of aromatic nitrogens is 2. The molecule has 0 radical (unpaired) electrons. The molecule has 1 fully saturated rings. The first-order valence-electron chi connectivity index (χ1n) is 6.27. The van der Waals surface area contributed by atoms with Crippen molar-refractivity contribution in [2.45, 2.75) is 18.4 Å². The Bertz CT molecular complexity index is 490. The van der Waals surface area contributed by atoms with Crippen LogP contribution >= 0.6 is 0 Å². The zero-order valence-electron chi connectivity index (χ0n) is 11.1. The molecular formula is C11H17N5O4. The minimum atomic E-state index is -0.934. The maximum Gasteiger partial charge on any atom is 0.329 e. The van der Waals surface area contributed by atoms with Crippen LogP contribution in [0.4, 0.5) is 17.5 Å². The van der Waals surface area contributed by atoms with Crippen LogP contribution < -0.4 is 10.6 Å². The van der Waals surface area contributed by atoms with E-state index in [0.717, 1.165) is 6.20 Å². The topological polar surface area (TPSA) is 122 Å². The van der Waals surface area contributed by atoms with Crippen LogP contribution in [0, 0.1) is 10.1 Å². The quantitative estimate of drug-likeness (QED) is 0.523. The van der Waals surface area contributed by atoms with Crippen molar-refractivity contribution < 1.29 is 14.8 Å². The van der Waals surface area contributed by atoms with Crippen LogP contribution in [0.5, 0.6) is 0 Å². The number of nitrogens with one attached hydrogen (secondary N) is 2. The molecule has 1 aromatic rings. The number of rotatable bonds is 5. The van der Waals surface area contributed by atoms with E-state index in [1.165, 1.54) is 0 Å². The molecule has 0 saturated carbocycles. The van der Waals surface area contributed by atoms with Gasteiger partial charge < -0.3 is 20.5 Å². The summed E-state index contributed by atoms with van der Waals surface area (Å²) < 4.78 is 5.18. The highest BCUT2D eigenvalue weighted by atomic mass is 16.6. The van der Waals surface area contributed by atoms with Crippen LogP contribution in [0.1, 0.15) is 12.8 Å². The summed E-state index contributed by atoms with van der Waals surface area (Å²) in [6.07, 6.45) is 2.10. The van der Waals surface area contributed by atoms with Gasteiger partial charge in [0, 0.05) is 39.6 Å². The lowest BCUT2D eigenvalue weighted by Gasteiger charge is -2.32. The van der Waals surface area contributed by atoms with E-state index in [1.807, 2.05) is 0 Å². The van der Waals surface area contributed by atoms with E-state index in [1.54, 1.807) is 7.05 Å². The molecule has 2 heterocycles. The fourth-order valence-corrected chi connectivity index (χ4v) is 1.94. The predicted molar refractivity (Wildman–Crippen MR) is 71.7 cm³/mol. The third-order valence-corrected chi connectivity index (χ3v) is 3.20. The second-order valence-electron chi connectivity index (χ2n) is 4.62. The third kappa shape index (κ3) is 3.31. The fraction of sp³-hybridized carbons (Fsp3) is 0.636. The van der Waals surface area contributed by atoms with Crippen molar-refractivity contribution in [1.82, 2.24) is 9.97 Å². The first-order valence-corrected chi connectivity index (χ1v) is 6.27. The maximum atomic E-state index is 10.9. The van der Waals surface area contributed by atoms with Crippen molar-refractivity contribution >= 4 is 17.5 Å². The lowest BCUT2D eigenvalue weighted by Crippen LogP contribution is -2.42. The highest BCUT2D eigenvalue weighted by molar-refractivity contribution is 5.57. The molecule has 1 aliphatic heterocycles. The van der Waals surface area contributed by atoms with Gasteiger partial charge in [-0.25, -0.2) is 4.98 Å². The molecule has 0 aliphatic carbocycles. The van der Waals surface area contributed by atoms with Crippen LogP contribution in [-0.2, 0) is 4.74 Å². The Morgan fingerprint density at radius 2 is 2.25 bits per heavy atom. The minimum absolute atomic E-state index is 0.0919. The van der Waals surface area contributed by atoms with Gasteiger partial charge in [-0.15, -0.1) is 0 Å². The van der Waals surface area contributed by atoms with Gasteiger partial charge >= 0.3 is 5.69 Å². The summed E-state index contributed by atoms with van der Waals surface area (Å²) in [5.74, 6) is 0.367. The second kappa shape index (κ2) is 5.97. The van der Waals surface area contributed by atoms with Gasteiger partial charge in [-0.2, -0.15) is 4.98 Å². The van der Waals surface area contributed by atoms with Crippen molar-refractivity contribution in [3.63, 3.8) is 0 Å². The SMILES string of the molecule is CNc1ncc([N+](=O)[O-])c(NCC2(O)CCOCC2)n1. The zero-order valence-corrected chi connectivity index (χ0v) is 11.1. The highest BCUT2D eigenvalue weighted by Gasteiger charge is 2.30. The van der Waals surface area contributed by atoms with Gasteiger partial charge in [-0.3, -0.25) is 10.1 Å². The molecule has 1 aromatic heterocycles. The van der Waals surface area contributed by atoms with E-state index in [9.17, 15) is 15.2 Å². The molecule has 2 rings (SSSR count). The molecule has 9 nitrogen and oxygen atoms in total. The monoisotopic (exact) mass is 283 g/mol. The van der Waals surface area contributed by atoms with Crippen LogP contribution in [0.15, 0.2) is 6.20 Å². The van der Waals surface area contributed by atoms with Crippen LogP contribution in [0.25, 0.3) is 0 Å². The van der Waals surface area contributed by atoms with E-state index in [2.05, 4.69) is 20.6 Å². The van der Waals surface area contributed by atoms with Crippen LogP contribution in [-0.4, -0.2) is 52.4 Å². The largest absolute Gasteiger partial charge is 0.388 e. The summed E-state index contributed by atoms with van der Waals surface area (Å²) >= 11 is 0. The Labute approximate surface area is 115 Å². The smallest absolute Gasteiger partial charge is 0.329 e. The van der Waals surface area contributed by atoms with Gasteiger partial charge in [0.1, 0.15) is 6.20 Å². The van der Waals surface area contributed by atoms with Crippen molar-refractivity contribution in [1.29, 1.82) is 0 Å². The maximum absolute atomic E-state index is 10.9. The fourth-order valence-electron chi connectivity index (χ4n) is 1.94. The van der Waals surface area contributed by atoms with Gasteiger partial charge in [0.25, 0.3) is 0 Å². The molecule has 0 bridgehead atoms. The lowest BCUT2D eigenvalue weighted by atomic mass is 9.94. The molecular weight excluding hydrogens is 266 g/mol. The summed E-state index contributed by atoms with van der Waals surface area (Å²) in [4.78, 5) is 18.2. The van der Waals surface area contributed by atoms with Crippen molar-refractivity contribution in [2.24, 2.45) is 0 Å². The first-order chi connectivity index (χ1) is 9.54. The lowest BCUT2D eigenvalue weighted by molar-refractivity contribution is -0.384. The average molecular weight is 283 g/mol. The molecule has 0 atom stereocenters. The Hall–Kier alpha value is -2.00. The Kier molecular flexibility index (Phi) is 4.30. The summed E-state index contributed by atoms with van der Waals surface area (Å²) in [5, 5.41) is 26.8. The standard InChI is InChI=1S/C11H17N5O4/c1-12-10-13-6-8(16(18)19)9(15-10)14-7-11(17)2-4-20-5-3-11/h6,17H,2-5,7H2,1H3,(H2,12,13,14,15). The molecule has 20 heavy (non-hydrogen) atoms. The van der Waals surface area contributed by atoms with Crippen LogP contribution in [0.2, 0.25) is 0 Å². The number of anilines is 2. The number of hydrogen-bond donors (Lipinski definition) is 3. The number of hydrogen-bond acceptors (Lipinski definition) is 8. The van der Waals surface area contributed by atoms with E-state index in [-0.39, 0.29) is 24.0 Å². The van der Waals surface area contributed by atoms with Crippen LogP contribution in [0.3, 0.4) is 0 Å². The third-order valence-electron chi connectivity index (χ3n) is 3.20. The normalized spacial score (nSPS) is 17.5. The van der Waals surface area contributed by atoms with Crippen molar-refractivity contribution in [2.75, 3.05) is 37.4 Å².